The van der Waals surface area contributed by atoms with Crippen LogP contribution in [0.4, 0.5) is 0 Å². The van der Waals surface area contributed by atoms with E-state index >= 15 is 0 Å². The quantitative estimate of drug-likeness (QED) is 0.582. The van der Waals surface area contributed by atoms with E-state index in [4.69, 9.17) is 9.47 Å². The molecule has 0 aliphatic carbocycles. The molecule has 0 aliphatic heterocycles. The molecule has 0 heterocycles. The Kier molecular flexibility index (Phi) is 7.33. The predicted molar refractivity (Wildman–Crippen MR) is 111 cm³/mol. The molecule has 0 saturated carbocycles. The molecule has 0 aliphatic rings. The van der Waals surface area contributed by atoms with Crippen molar-refractivity contribution in [3.8, 4) is 0 Å². The molecule has 0 fully saturated rings. The second kappa shape index (κ2) is 10.6. The van der Waals surface area contributed by atoms with Gasteiger partial charge in [-0.25, -0.2) is 9.59 Å². The summed E-state index contributed by atoms with van der Waals surface area (Å²) in [6.07, 6.45) is -0.849. The summed E-state index contributed by atoms with van der Waals surface area (Å²) in [6, 6.07) is 25.6. The molecular formula is C24H21NO5. The van der Waals surface area contributed by atoms with Crippen molar-refractivity contribution in [2.24, 2.45) is 0 Å². The molecule has 0 aromatic heterocycles. The third-order valence-electron chi connectivity index (χ3n) is 4.22. The van der Waals surface area contributed by atoms with Crippen molar-refractivity contribution in [1.82, 2.24) is 5.32 Å². The normalized spacial score (nSPS) is 11.2. The lowest BCUT2D eigenvalue weighted by Crippen LogP contribution is -2.38. The van der Waals surface area contributed by atoms with Crippen molar-refractivity contribution in [2.75, 3.05) is 13.2 Å². The zero-order chi connectivity index (χ0) is 21.2. The van der Waals surface area contributed by atoms with E-state index in [0.29, 0.717) is 16.7 Å². The Morgan fingerprint density at radius 2 is 1.13 bits per heavy atom. The van der Waals surface area contributed by atoms with Gasteiger partial charge in [0.25, 0.3) is 5.91 Å². The van der Waals surface area contributed by atoms with Crippen LogP contribution < -0.4 is 5.32 Å². The van der Waals surface area contributed by atoms with E-state index in [1.807, 2.05) is 6.07 Å². The number of carbonyl (C=O) groups is 3. The van der Waals surface area contributed by atoms with E-state index in [-0.39, 0.29) is 19.1 Å². The summed E-state index contributed by atoms with van der Waals surface area (Å²) in [7, 11) is 0. The summed E-state index contributed by atoms with van der Waals surface area (Å²) in [5.41, 5.74) is 1.23. The summed E-state index contributed by atoms with van der Waals surface area (Å²) in [5.74, 6) is -1.41. The molecule has 1 atom stereocenters. The van der Waals surface area contributed by atoms with Gasteiger partial charge in [-0.3, -0.25) is 4.79 Å². The average Bonchev–Trinajstić information content (AvgIpc) is 2.82. The maximum atomic E-state index is 12.4. The Morgan fingerprint density at radius 3 is 1.67 bits per heavy atom. The third-order valence-corrected chi connectivity index (χ3v) is 4.22. The molecule has 3 aromatic rings. The molecule has 3 aromatic carbocycles. The van der Waals surface area contributed by atoms with Gasteiger partial charge in [0.05, 0.1) is 17.7 Å². The molecule has 1 amide bonds. The van der Waals surface area contributed by atoms with Crippen LogP contribution in [0.2, 0.25) is 0 Å². The first-order chi connectivity index (χ1) is 14.6. The topological polar surface area (TPSA) is 81.7 Å². The first kappa shape index (κ1) is 20.8. The Hall–Kier alpha value is -3.93. The van der Waals surface area contributed by atoms with E-state index in [0.717, 1.165) is 0 Å². The van der Waals surface area contributed by atoms with Crippen LogP contribution in [-0.2, 0) is 9.47 Å². The summed E-state index contributed by atoms with van der Waals surface area (Å²) < 4.78 is 10.8. The van der Waals surface area contributed by atoms with Crippen LogP contribution >= 0.6 is 0 Å². The molecule has 0 bridgehead atoms. The minimum absolute atomic E-state index is 0.00558. The highest BCUT2D eigenvalue weighted by Crippen LogP contribution is 2.07. The van der Waals surface area contributed by atoms with E-state index in [2.05, 4.69) is 5.32 Å². The minimum atomic E-state index is -0.849. The minimum Gasteiger partial charge on any atom is -0.458 e. The molecule has 6 nitrogen and oxygen atoms in total. The summed E-state index contributed by atoms with van der Waals surface area (Å²) in [5, 5.41) is 2.71. The highest BCUT2D eigenvalue weighted by Gasteiger charge is 2.20. The number of amides is 1. The van der Waals surface area contributed by atoms with Crippen LogP contribution in [0.1, 0.15) is 31.1 Å². The molecule has 0 unspecified atom stereocenters. The second-order valence-electron chi connectivity index (χ2n) is 6.43. The van der Waals surface area contributed by atoms with Crippen molar-refractivity contribution in [1.29, 1.82) is 0 Å². The zero-order valence-electron chi connectivity index (χ0n) is 16.2. The van der Waals surface area contributed by atoms with E-state index in [9.17, 15) is 14.4 Å². The number of rotatable bonds is 8. The molecule has 1 N–H and O–H groups in total. The predicted octanol–water partition coefficient (Wildman–Crippen LogP) is 3.50. The fourth-order valence-corrected chi connectivity index (χ4v) is 2.65. The molecule has 152 valence electrons. The lowest BCUT2D eigenvalue weighted by atomic mass is 10.2. The van der Waals surface area contributed by atoms with Crippen molar-refractivity contribution >= 4 is 17.8 Å². The van der Waals surface area contributed by atoms with Crippen LogP contribution in [0.15, 0.2) is 91.0 Å². The van der Waals surface area contributed by atoms with Gasteiger partial charge < -0.3 is 14.8 Å². The van der Waals surface area contributed by atoms with Crippen LogP contribution in [0.25, 0.3) is 0 Å². The first-order valence-electron chi connectivity index (χ1n) is 9.45. The Morgan fingerprint density at radius 1 is 0.667 bits per heavy atom. The highest BCUT2D eigenvalue weighted by atomic mass is 16.6. The van der Waals surface area contributed by atoms with Gasteiger partial charge in [-0.15, -0.1) is 0 Å². The largest absolute Gasteiger partial charge is 0.458 e. The van der Waals surface area contributed by atoms with Crippen molar-refractivity contribution < 1.29 is 23.9 Å². The Labute approximate surface area is 174 Å². The van der Waals surface area contributed by atoms with E-state index < -0.39 is 18.0 Å². The van der Waals surface area contributed by atoms with Gasteiger partial charge in [0.1, 0.15) is 6.61 Å². The van der Waals surface area contributed by atoms with Gasteiger partial charge >= 0.3 is 11.9 Å². The molecule has 0 radical (unpaired) electrons. The van der Waals surface area contributed by atoms with Gasteiger partial charge in [0, 0.05) is 5.56 Å². The Balaban J connectivity index is 1.63. The number of ether oxygens (including phenoxy) is 2. The van der Waals surface area contributed by atoms with Gasteiger partial charge in [0.2, 0.25) is 0 Å². The fourth-order valence-electron chi connectivity index (χ4n) is 2.65. The number of hydrogen-bond acceptors (Lipinski definition) is 5. The first-order valence-corrected chi connectivity index (χ1v) is 9.45. The molecule has 0 spiro atoms. The maximum Gasteiger partial charge on any atom is 0.338 e. The summed E-state index contributed by atoms with van der Waals surface area (Å²) in [4.78, 5) is 36.9. The van der Waals surface area contributed by atoms with E-state index in [1.165, 1.54) is 0 Å². The van der Waals surface area contributed by atoms with Gasteiger partial charge in [0.15, 0.2) is 6.10 Å². The second-order valence-corrected chi connectivity index (χ2v) is 6.43. The lowest BCUT2D eigenvalue weighted by molar-refractivity contribution is -0.0000260. The maximum absolute atomic E-state index is 12.4. The van der Waals surface area contributed by atoms with Gasteiger partial charge in [-0.1, -0.05) is 54.6 Å². The van der Waals surface area contributed by atoms with Crippen LogP contribution in [0.5, 0.6) is 0 Å². The SMILES string of the molecule is O=C(NC[C@@H](COC(=O)c1ccccc1)OC(=O)c1ccccc1)c1ccccc1. The number of esters is 2. The zero-order valence-corrected chi connectivity index (χ0v) is 16.2. The smallest absolute Gasteiger partial charge is 0.338 e. The van der Waals surface area contributed by atoms with Gasteiger partial charge in [-0.2, -0.15) is 0 Å². The average molecular weight is 403 g/mol. The molecule has 3 rings (SSSR count). The van der Waals surface area contributed by atoms with E-state index in [1.54, 1.807) is 84.9 Å². The number of nitrogens with one attached hydrogen (secondary N) is 1. The van der Waals surface area contributed by atoms with Crippen molar-refractivity contribution in [3.05, 3.63) is 108 Å². The molecular weight excluding hydrogens is 382 g/mol. The highest BCUT2D eigenvalue weighted by molar-refractivity contribution is 5.94. The standard InChI is InChI=1S/C24H21NO5/c26-22(18-10-4-1-5-11-18)25-16-21(30-24(28)20-14-8-3-9-15-20)17-29-23(27)19-12-6-2-7-13-19/h1-15,21H,16-17H2,(H,25,26)/t21-/m0/s1. The molecule has 0 saturated heterocycles. The van der Waals surface area contributed by atoms with Crippen LogP contribution in [0, 0.1) is 0 Å². The monoisotopic (exact) mass is 403 g/mol. The van der Waals surface area contributed by atoms with Crippen molar-refractivity contribution in [2.45, 2.75) is 6.10 Å². The fraction of sp³-hybridized carbons (Fsp3) is 0.125. The summed E-state index contributed by atoms with van der Waals surface area (Å²) in [6.45, 7) is -0.199. The summed E-state index contributed by atoms with van der Waals surface area (Å²) >= 11 is 0. The number of benzene rings is 3. The molecule has 6 heteroatoms. The van der Waals surface area contributed by atoms with Gasteiger partial charge in [-0.05, 0) is 36.4 Å². The Bertz CT molecular complexity index is 919. The number of hydrogen-bond donors (Lipinski definition) is 1. The third kappa shape index (κ3) is 6.04. The number of carbonyl (C=O) groups excluding carboxylic acids is 3. The lowest BCUT2D eigenvalue weighted by Gasteiger charge is -2.19. The van der Waals surface area contributed by atoms with Crippen LogP contribution in [-0.4, -0.2) is 37.1 Å². The van der Waals surface area contributed by atoms with Crippen molar-refractivity contribution in [3.63, 3.8) is 0 Å². The molecule has 30 heavy (non-hydrogen) atoms. The van der Waals surface area contributed by atoms with Crippen LogP contribution in [0.3, 0.4) is 0 Å².